The van der Waals surface area contributed by atoms with Gasteiger partial charge in [-0.2, -0.15) is 5.26 Å². The molecule has 1 aromatic heterocycles. The number of thioether (sulfide) groups is 1. The van der Waals surface area contributed by atoms with Crippen LogP contribution in [0, 0.1) is 10.7 Å². The van der Waals surface area contributed by atoms with Gasteiger partial charge in [-0.3, -0.25) is 4.98 Å². The molecule has 0 fully saturated rings. The SMILES string of the molecule is CC(CCSC#N)c1ccccn1. The summed E-state index contributed by atoms with van der Waals surface area (Å²) in [5.41, 5.74) is 1.11. The predicted molar refractivity (Wildman–Crippen MR) is 55.3 cm³/mol. The largest absolute Gasteiger partial charge is 0.261 e. The van der Waals surface area contributed by atoms with Gasteiger partial charge in [0.15, 0.2) is 0 Å². The van der Waals surface area contributed by atoms with Crippen LogP contribution in [0.4, 0.5) is 0 Å². The highest BCUT2D eigenvalue weighted by atomic mass is 32.2. The minimum atomic E-state index is 0.446. The first-order chi connectivity index (χ1) is 6.34. The summed E-state index contributed by atoms with van der Waals surface area (Å²) in [7, 11) is 0. The minimum absolute atomic E-state index is 0.446. The van der Waals surface area contributed by atoms with E-state index in [1.165, 1.54) is 11.8 Å². The van der Waals surface area contributed by atoms with E-state index in [0.717, 1.165) is 17.9 Å². The monoisotopic (exact) mass is 192 g/mol. The Hall–Kier alpha value is -1.01. The number of aromatic nitrogens is 1. The van der Waals surface area contributed by atoms with E-state index in [2.05, 4.69) is 17.3 Å². The molecule has 1 aromatic rings. The van der Waals surface area contributed by atoms with Gasteiger partial charge in [-0.05, 0) is 36.2 Å². The van der Waals surface area contributed by atoms with Gasteiger partial charge in [-0.15, -0.1) is 0 Å². The summed E-state index contributed by atoms with van der Waals surface area (Å²) in [6.45, 7) is 2.14. The first-order valence-electron chi connectivity index (χ1n) is 4.26. The fourth-order valence-electron chi connectivity index (χ4n) is 1.10. The maximum absolute atomic E-state index is 8.35. The van der Waals surface area contributed by atoms with E-state index < -0.39 is 0 Å². The summed E-state index contributed by atoms with van der Waals surface area (Å²) in [5.74, 6) is 1.33. The lowest BCUT2D eigenvalue weighted by Crippen LogP contribution is -1.97. The predicted octanol–water partition coefficient (Wildman–Crippen LogP) is 2.79. The standard InChI is InChI=1S/C10H12N2S/c1-9(5-7-13-8-11)10-4-2-3-6-12-10/h2-4,6,9H,5,7H2,1H3. The molecule has 1 rings (SSSR count). The lowest BCUT2D eigenvalue weighted by molar-refractivity contribution is 0.715. The molecule has 0 spiro atoms. The molecule has 0 N–H and O–H groups in total. The highest BCUT2D eigenvalue weighted by Gasteiger charge is 2.05. The molecule has 0 aliphatic rings. The third-order valence-corrected chi connectivity index (χ3v) is 2.48. The summed E-state index contributed by atoms with van der Waals surface area (Å²) in [6.07, 6.45) is 2.82. The summed E-state index contributed by atoms with van der Waals surface area (Å²) < 4.78 is 0. The Morgan fingerprint density at radius 1 is 1.62 bits per heavy atom. The molecular formula is C10H12N2S. The van der Waals surface area contributed by atoms with Gasteiger partial charge in [0.25, 0.3) is 0 Å². The van der Waals surface area contributed by atoms with Crippen molar-refractivity contribution in [3.63, 3.8) is 0 Å². The molecule has 0 saturated heterocycles. The van der Waals surface area contributed by atoms with E-state index in [4.69, 9.17) is 5.26 Å². The summed E-state index contributed by atoms with van der Waals surface area (Å²) in [5, 5.41) is 10.4. The van der Waals surface area contributed by atoms with Crippen molar-refractivity contribution < 1.29 is 0 Å². The topological polar surface area (TPSA) is 36.7 Å². The molecule has 13 heavy (non-hydrogen) atoms. The lowest BCUT2D eigenvalue weighted by atomic mass is 10.0. The van der Waals surface area contributed by atoms with Crippen LogP contribution >= 0.6 is 11.8 Å². The van der Waals surface area contributed by atoms with Crippen molar-refractivity contribution in [2.45, 2.75) is 19.3 Å². The third kappa shape index (κ3) is 3.47. The van der Waals surface area contributed by atoms with Crippen molar-refractivity contribution in [2.24, 2.45) is 0 Å². The molecule has 68 valence electrons. The first-order valence-corrected chi connectivity index (χ1v) is 5.25. The van der Waals surface area contributed by atoms with Crippen LogP contribution in [0.3, 0.4) is 0 Å². The molecule has 0 aliphatic carbocycles. The quantitative estimate of drug-likeness (QED) is 0.543. The van der Waals surface area contributed by atoms with E-state index in [1.54, 1.807) is 0 Å². The van der Waals surface area contributed by atoms with Crippen molar-refractivity contribution in [3.05, 3.63) is 30.1 Å². The molecule has 0 bridgehead atoms. The fourth-order valence-corrected chi connectivity index (χ4v) is 1.66. The first kappa shape index (κ1) is 10.1. The van der Waals surface area contributed by atoms with E-state index in [0.29, 0.717) is 5.92 Å². The fraction of sp³-hybridized carbons (Fsp3) is 0.400. The van der Waals surface area contributed by atoms with E-state index in [-0.39, 0.29) is 0 Å². The molecule has 3 heteroatoms. The lowest BCUT2D eigenvalue weighted by Gasteiger charge is -2.07. The van der Waals surface area contributed by atoms with Crippen LogP contribution in [0.5, 0.6) is 0 Å². The van der Waals surface area contributed by atoms with Gasteiger partial charge in [0.2, 0.25) is 0 Å². The molecule has 1 unspecified atom stereocenters. The van der Waals surface area contributed by atoms with E-state index in [9.17, 15) is 0 Å². The van der Waals surface area contributed by atoms with Gasteiger partial charge in [0.05, 0.1) is 0 Å². The van der Waals surface area contributed by atoms with Gasteiger partial charge < -0.3 is 0 Å². The van der Waals surface area contributed by atoms with E-state index in [1.807, 2.05) is 24.4 Å². The molecule has 0 radical (unpaired) electrons. The van der Waals surface area contributed by atoms with E-state index >= 15 is 0 Å². The van der Waals surface area contributed by atoms with Crippen LogP contribution in [-0.2, 0) is 0 Å². The molecular weight excluding hydrogens is 180 g/mol. The Bertz CT molecular complexity index is 279. The number of nitriles is 1. The highest BCUT2D eigenvalue weighted by molar-refractivity contribution is 8.03. The van der Waals surface area contributed by atoms with Gasteiger partial charge in [0, 0.05) is 17.6 Å². The van der Waals surface area contributed by atoms with Crippen molar-refractivity contribution in [2.75, 3.05) is 5.75 Å². The van der Waals surface area contributed by atoms with Crippen LogP contribution in [0.2, 0.25) is 0 Å². The van der Waals surface area contributed by atoms with Gasteiger partial charge in [0.1, 0.15) is 5.40 Å². The molecule has 1 heterocycles. The molecule has 0 aromatic carbocycles. The second kappa shape index (κ2) is 5.60. The molecule has 1 atom stereocenters. The third-order valence-electron chi connectivity index (χ3n) is 1.91. The van der Waals surface area contributed by atoms with Crippen molar-refractivity contribution in [3.8, 4) is 5.40 Å². The van der Waals surface area contributed by atoms with Gasteiger partial charge >= 0.3 is 0 Å². The van der Waals surface area contributed by atoms with Crippen molar-refractivity contribution >= 4 is 11.8 Å². The summed E-state index contributed by atoms with van der Waals surface area (Å²) >= 11 is 1.31. The van der Waals surface area contributed by atoms with Crippen molar-refractivity contribution in [1.29, 1.82) is 5.26 Å². The Labute approximate surface area is 83.0 Å². The zero-order valence-electron chi connectivity index (χ0n) is 7.60. The Morgan fingerprint density at radius 3 is 3.08 bits per heavy atom. The van der Waals surface area contributed by atoms with Crippen LogP contribution in [0.25, 0.3) is 0 Å². The number of thiocyanates is 1. The van der Waals surface area contributed by atoms with Crippen LogP contribution in [-0.4, -0.2) is 10.7 Å². The van der Waals surface area contributed by atoms with Crippen LogP contribution in [0.15, 0.2) is 24.4 Å². The number of rotatable bonds is 4. The average molecular weight is 192 g/mol. The second-order valence-corrected chi connectivity index (χ2v) is 3.76. The molecule has 0 amide bonds. The highest BCUT2D eigenvalue weighted by Crippen LogP contribution is 2.18. The Balaban J connectivity index is 2.41. The maximum Gasteiger partial charge on any atom is 0.133 e. The number of hydrogen-bond acceptors (Lipinski definition) is 3. The maximum atomic E-state index is 8.35. The molecule has 2 nitrogen and oxygen atoms in total. The zero-order valence-corrected chi connectivity index (χ0v) is 8.42. The average Bonchev–Trinajstić information content (AvgIpc) is 2.19. The number of pyridine rings is 1. The molecule has 0 saturated carbocycles. The number of nitrogens with zero attached hydrogens (tertiary/aromatic N) is 2. The van der Waals surface area contributed by atoms with Gasteiger partial charge in [-0.1, -0.05) is 13.0 Å². The summed E-state index contributed by atoms with van der Waals surface area (Å²) in [4.78, 5) is 4.27. The second-order valence-electron chi connectivity index (χ2n) is 2.88. The molecule has 0 aliphatic heterocycles. The van der Waals surface area contributed by atoms with Crippen LogP contribution < -0.4 is 0 Å². The minimum Gasteiger partial charge on any atom is -0.261 e. The van der Waals surface area contributed by atoms with Gasteiger partial charge in [-0.25, -0.2) is 0 Å². The number of hydrogen-bond donors (Lipinski definition) is 0. The van der Waals surface area contributed by atoms with Crippen LogP contribution in [0.1, 0.15) is 25.0 Å². The zero-order chi connectivity index (χ0) is 9.52. The Kier molecular flexibility index (Phi) is 4.34. The normalized spacial score (nSPS) is 12.0. The van der Waals surface area contributed by atoms with Crippen molar-refractivity contribution in [1.82, 2.24) is 4.98 Å². The summed E-state index contributed by atoms with van der Waals surface area (Å²) in [6, 6.07) is 5.94. The smallest absolute Gasteiger partial charge is 0.133 e. The Morgan fingerprint density at radius 2 is 2.46 bits per heavy atom.